The van der Waals surface area contributed by atoms with Crippen LogP contribution in [-0.4, -0.2) is 51.7 Å². The van der Waals surface area contributed by atoms with Gasteiger partial charge in [0.15, 0.2) is 0 Å². The summed E-state index contributed by atoms with van der Waals surface area (Å²) in [5.41, 5.74) is 4.91. The standard InChI is InChI=1S/C34H46ClN5O/c1-27-8-5-11-32-34(27)37-33(26-41-31-14-12-29(35)13-15-31)40(32)23-6-9-28-17-24-39(25-18-28)22-4-3-19-36-20-16-30-10-7-21-38(30)2/h5,7-8,10-15,21,28,36H,3-4,6,9,16-20,22-26H2,1-2H3. The fourth-order valence-electron chi connectivity index (χ4n) is 6.09. The summed E-state index contributed by atoms with van der Waals surface area (Å²) in [6, 6.07) is 18.4. The van der Waals surface area contributed by atoms with Gasteiger partial charge in [0.25, 0.3) is 0 Å². The van der Waals surface area contributed by atoms with Gasteiger partial charge in [0, 0.05) is 43.5 Å². The van der Waals surface area contributed by atoms with Crippen LogP contribution in [0.1, 0.15) is 55.6 Å². The number of nitrogens with one attached hydrogen (secondary N) is 1. The first-order chi connectivity index (χ1) is 20.1. The lowest BCUT2D eigenvalue weighted by molar-refractivity contribution is 0.174. The van der Waals surface area contributed by atoms with Gasteiger partial charge in [-0.1, -0.05) is 23.7 Å². The lowest BCUT2D eigenvalue weighted by Gasteiger charge is -2.32. The van der Waals surface area contributed by atoms with E-state index in [1.807, 2.05) is 24.3 Å². The Morgan fingerprint density at radius 1 is 0.951 bits per heavy atom. The van der Waals surface area contributed by atoms with E-state index in [4.69, 9.17) is 21.3 Å². The summed E-state index contributed by atoms with van der Waals surface area (Å²) in [5, 5.41) is 4.33. The average Bonchev–Trinajstić information content (AvgIpc) is 3.56. The number of likely N-dealkylation sites (tertiary alicyclic amines) is 1. The quantitative estimate of drug-likeness (QED) is 0.155. The van der Waals surface area contributed by atoms with E-state index >= 15 is 0 Å². The van der Waals surface area contributed by atoms with Crippen LogP contribution in [0.15, 0.2) is 60.8 Å². The second kappa shape index (κ2) is 14.9. The molecule has 41 heavy (non-hydrogen) atoms. The lowest BCUT2D eigenvalue weighted by atomic mass is 9.92. The number of halogens is 1. The highest BCUT2D eigenvalue weighted by Crippen LogP contribution is 2.26. The van der Waals surface area contributed by atoms with Gasteiger partial charge in [-0.25, -0.2) is 4.98 Å². The Morgan fingerprint density at radius 2 is 1.78 bits per heavy atom. The first-order valence-electron chi connectivity index (χ1n) is 15.4. The van der Waals surface area contributed by atoms with E-state index < -0.39 is 0 Å². The highest BCUT2D eigenvalue weighted by molar-refractivity contribution is 6.30. The van der Waals surface area contributed by atoms with Gasteiger partial charge in [0.05, 0.1) is 11.0 Å². The minimum Gasteiger partial charge on any atom is -0.486 e. The zero-order valence-corrected chi connectivity index (χ0v) is 25.6. The Balaban J connectivity index is 1.01. The molecule has 0 spiro atoms. The first-order valence-corrected chi connectivity index (χ1v) is 15.8. The Hall–Kier alpha value is -2.80. The number of fused-ring (bicyclic) bond motifs is 1. The van der Waals surface area contributed by atoms with Crippen molar-refractivity contribution in [1.82, 2.24) is 24.3 Å². The number of hydrogen-bond acceptors (Lipinski definition) is 4. The summed E-state index contributed by atoms with van der Waals surface area (Å²) in [5.74, 6) is 2.64. The largest absolute Gasteiger partial charge is 0.486 e. The summed E-state index contributed by atoms with van der Waals surface area (Å²) in [4.78, 5) is 7.67. The van der Waals surface area contributed by atoms with Gasteiger partial charge in [-0.2, -0.15) is 0 Å². The SMILES string of the molecule is Cc1cccc2c1nc(COc1ccc(Cl)cc1)n2CCCC1CCN(CCCCNCCc2cccn2C)CC1. The van der Waals surface area contributed by atoms with Gasteiger partial charge in [-0.05, 0) is 126 Å². The number of aryl methyl sites for hydroxylation is 3. The molecule has 220 valence electrons. The van der Waals surface area contributed by atoms with Crippen molar-refractivity contribution in [2.75, 3.05) is 32.7 Å². The first kappa shape index (κ1) is 29.7. The van der Waals surface area contributed by atoms with Gasteiger partial charge in [0.2, 0.25) is 0 Å². The van der Waals surface area contributed by atoms with Crippen LogP contribution in [0.4, 0.5) is 0 Å². The van der Waals surface area contributed by atoms with Crippen molar-refractivity contribution in [3.8, 4) is 5.75 Å². The molecule has 0 saturated carbocycles. The number of unbranched alkanes of at least 4 members (excludes halogenated alkanes) is 1. The third-order valence-corrected chi connectivity index (χ3v) is 8.88. The molecule has 0 aliphatic carbocycles. The summed E-state index contributed by atoms with van der Waals surface area (Å²) >= 11 is 6.04. The molecule has 1 saturated heterocycles. The van der Waals surface area contributed by atoms with E-state index in [2.05, 4.69) is 69.9 Å². The van der Waals surface area contributed by atoms with Crippen LogP contribution < -0.4 is 10.1 Å². The van der Waals surface area contributed by atoms with Gasteiger partial charge >= 0.3 is 0 Å². The molecule has 7 heteroatoms. The van der Waals surface area contributed by atoms with Crippen LogP contribution in [0.3, 0.4) is 0 Å². The van der Waals surface area contributed by atoms with Crippen molar-refractivity contribution < 1.29 is 4.74 Å². The maximum atomic E-state index is 6.09. The topological polar surface area (TPSA) is 47.2 Å². The minimum absolute atomic E-state index is 0.455. The molecule has 4 aromatic rings. The number of benzene rings is 2. The smallest absolute Gasteiger partial charge is 0.148 e. The molecule has 0 unspecified atom stereocenters. The van der Waals surface area contributed by atoms with Crippen molar-refractivity contribution in [3.05, 3.63) is 82.9 Å². The Bertz CT molecular complexity index is 1350. The van der Waals surface area contributed by atoms with Gasteiger partial charge in [0.1, 0.15) is 18.2 Å². The molecule has 1 aliphatic heterocycles. The van der Waals surface area contributed by atoms with Crippen LogP contribution in [0.25, 0.3) is 11.0 Å². The monoisotopic (exact) mass is 575 g/mol. The molecule has 0 radical (unpaired) electrons. The summed E-state index contributed by atoms with van der Waals surface area (Å²) in [6.07, 6.45) is 10.9. The fraction of sp³-hybridized carbons (Fsp3) is 0.500. The average molecular weight is 576 g/mol. The Labute approximate surface area is 250 Å². The van der Waals surface area contributed by atoms with Crippen molar-refractivity contribution in [3.63, 3.8) is 0 Å². The third-order valence-electron chi connectivity index (χ3n) is 8.63. The molecule has 2 aromatic carbocycles. The zero-order chi connectivity index (χ0) is 28.4. The van der Waals surface area contributed by atoms with Gasteiger partial charge in [-0.3, -0.25) is 0 Å². The van der Waals surface area contributed by atoms with Crippen molar-refractivity contribution in [2.24, 2.45) is 13.0 Å². The van der Waals surface area contributed by atoms with Crippen LogP contribution in [0.5, 0.6) is 5.75 Å². The second-order valence-corrected chi connectivity index (χ2v) is 12.0. The number of hydrogen-bond donors (Lipinski definition) is 1. The molecule has 1 fully saturated rings. The van der Waals surface area contributed by atoms with Crippen molar-refractivity contribution >= 4 is 22.6 Å². The number of aromatic nitrogens is 3. The number of piperidine rings is 1. The molecular weight excluding hydrogens is 530 g/mol. The highest BCUT2D eigenvalue weighted by atomic mass is 35.5. The van der Waals surface area contributed by atoms with E-state index in [0.717, 1.165) is 49.1 Å². The molecule has 0 atom stereocenters. The number of ether oxygens (including phenoxy) is 1. The predicted molar refractivity (Wildman–Crippen MR) is 170 cm³/mol. The normalized spacial score (nSPS) is 14.7. The summed E-state index contributed by atoms with van der Waals surface area (Å²) in [7, 11) is 2.12. The number of rotatable bonds is 15. The van der Waals surface area contributed by atoms with Crippen molar-refractivity contribution in [2.45, 2.75) is 65.0 Å². The fourth-order valence-corrected chi connectivity index (χ4v) is 6.22. The van der Waals surface area contributed by atoms with E-state index in [0.29, 0.717) is 11.6 Å². The minimum atomic E-state index is 0.455. The van der Waals surface area contributed by atoms with Crippen LogP contribution in [0.2, 0.25) is 5.02 Å². The van der Waals surface area contributed by atoms with Gasteiger partial charge in [-0.15, -0.1) is 0 Å². The molecular formula is C34H46ClN5O. The molecule has 6 nitrogen and oxygen atoms in total. The van der Waals surface area contributed by atoms with E-state index in [9.17, 15) is 0 Å². The number of nitrogens with zero attached hydrogens (tertiary/aromatic N) is 4. The molecule has 3 heterocycles. The third kappa shape index (κ3) is 8.37. The Morgan fingerprint density at radius 3 is 2.56 bits per heavy atom. The highest BCUT2D eigenvalue weighted by Gasteiger charge is 2.19. The maximum absolute atomic E-state index is 6.09. The van der Waals surface area contributed by atoms with E-state index in [1.54, 1.807) is 0 Å². The molecule has 1 N–H and O–H groups in total. The van der Waals surface area contributed by atoms with Gasteiger partial charge < -0.3 is 24.1 Å². The summed E-state index contributed by atoms with van der Waals surface area (Å²) in [6.45, 7) is 9.50. The van der Waals surface area contributed by atoms with Crippen LogP contribution in [0, 0.1) is 12.8 Å². The molecule has 1 aliphatic rings. The van der Waals surface area contributed by atoms with Crippen LogP contribution in [-0.2, 0) is 26.6 Å². The number of para-hydroxylation sites is 1. The predicted octanol–water partition coefficient (Wildman–Crippen LogP) is 7.02. The second-order valence-electron chi connectivity index (χ2n) is 11.6. The molecule has 0 bridgehead atoms. The van der Waals surface area contributed by atoms with Crippen LogP contribution >= 0.6 is 11.6 Å². The van der Waals surface area contributed by atoms with E-state index in [1.165, 1.54) is 74.9 Å². The number of imidazole rings is 1. The molecule has 2 aromatic heterocycles. The lowest BCUT2D eigenvalue weighted by Crippen LogP contribution is -2.34. The maximum Gasteiger partial charge on any atom is 0.148 e. The molecule has 5 rings (SSSR count). The van der Waals surface area contributed by atoms with E-state index in [-0.39, 0.29) is 0 Å². The Kier molecular flexibility index (Phi) is 10.8. The molecule has 0 amide bonds. The van der Waals surface area contributed by atoms with Crippen molar-refractivity contribution in [1.29, 1.82) is 0 Å². The summed E-state index contributed by atoms with van der Waals surface area (Å²) < 4.78 is 10.7. The zero-order valence-electron chi connectivity index (χ0n) is 24.8.